The maximum atomic E-state index is 12.1. The molecule has 2 N–H and O–H groups in total. The van der Waals surface area contributed by atoms with Crippen LogP contribution in [0.1, 0.15) is 29.0 Å². The average Bonchev–Trinajstić information content (AvgIpc) is 3.35. The van der Waals surface area contributed by atoms with E-state index in [0.717, 1.165) is 23.8 Å². The predicted octanol–water partition coefficient (Wildman–Crippen LogP) is 3.98. The van der Waals surface area contributed by atoms with E-state index in [1.54, 1.807) is 30.3 Å². The van der Waals surface area contributed by atoms with Crippen LogP contribution < -0.4 is 10.6 Å². The molecular formula is C21H18N2O3. The lowest BCUT2D eigenvalue weighted by Crippen LogP contribution is -2.25. The van der Waals surface area contributed by atoms with Gasteiger partial charge in [0.25, 0.3) is 5.91 Å². The Labute approximate surface area is 150 Å². The highest BCUT2D eigenvalue weighted by Gasteiger charge is 2.23. The summed E-state index contributed by atoms with van der Waals surface area (Å²) < 4.78 is 5.64. The molecule has 0 saturated heterocycles. The Hall–Kier alpha value is -3.34. The van der Waals surface area contributed by atoms with Crippen molar-refractivity contribution in [3.05, 3.63) is 72.0 Å². The van der Waals surface area contributed by atoms with Gasteiger partial charge in [-0.2, -0.15) is 0 Å². The molecule has 2 amide bonds. The molecule has 5 nitrogen and oxygen atoms in total. The number of benzene rings is 2. The molecule has 0 atom stereocenters. The number of furan rings is 1. The quantitative estimate of drug-likeness (QED) is 0.687. The Kier molecular flexibility index (Phi) is 4.27. The van der Waals surface area contributed by atoms with Crippen LogP contribution >= 0.6 is 0 Å². The lowest BCUT2D eigenvalue weighted by Gasteiger charge is -2.06. The first-order valence-corrected chi connectivity index (χ1v) is 8.56. The fourth-order valence-electron chi connectivity index (χ4n) is 2.66. The summed E-state index contributed by atoms with van der Waals surface area (Å²) in [5.41, 5.74) is 1.89. The zero-order valence-electron chi connectivity index (χ0n) is 14.1. The van der Waals surface area contributed by atoms with Crippen molar-refractivity contribution >= 4 is 34.5 Å². The molecule has 4 rings (SSSR count). The van der Waals surface area contributed by atoms with E-state index in [0.29, 0.717) is 23.1 Å². The van der Waals surface area contributed by atoms with E-state index in [1.165, 1.54) is 6.08 Å². The first kappa shape index (κ1) is 16.1. The summed E-state index contributed by atoms with van der Waals surface area (Å²) in [5, 5.41) is 6.68. The van der Waals surface area contributed by atoms with Gasteiger partial charge < -0.3 is 15.1 Å². The van der Waals surface area contributed by atoms with E-state index in [4.69, 9.17) is 4.42 Å². The third-order valence-corrected chi connectivity index (χ3v) is 4.15. The van der Waals surface area contributed by atoms with E-state index in [9.17, 15) is 9.59 Å². The third-order valence-electron chi connectivity index (χ3n) is 4.15. The molecule has 0 bridgehead atoms. The van der Waals surface area contributed by atoms with Gasteiger partial charge >= 0.3 is 0 Å². The fourth-order valence-corrected chi connectivity index (χ4v) is 2.66. The SMILES string of the molecule is O=C(/C=C/c1cc2ccccc2o1)Nc1cccc(C(=O)NC2CC2)c1. The smallest absolute Gasteiger partial charge is 0.251 e. The number of carbonyl (C=O) groups is 2. The summed E-state index contributed by atoms with van der Waals surface area (Å²) >= 11 is 0. The number of para-hydroxylation sites is 1. The fraction of sp³-hybridized carbons (Fsp3) is 0.143. The highest BCUT2D eigenvalue weighted by atomic mass is 16.3. The van der Waals surface area contributed by atoms with Crippen molar-refractivity contribution in [2.45, 2.75) is 18.9 Å². The predicted molar refractivity (Wildman–Crippen MR) is 101 cm³/mol. The van der Waals surface area contributed by atoms with Gasteiger partial charge in [0, 0.05) is 28.8 Å². The third kappa shape index (κ3) is 3.83. The van der Waals surface area contributed by atoms with Crippen LogP contribution in [0.25, 0.3) is 17.0 Å². The molecule has 0 spiro atoms. The van der Waals surface area contributed by atoms with E-state index >= 15 is 0 Å². The maximum Gasteiger partial charge on any atom is 0.251 e. The van der Waals surface area contributed by atoms with Gasteiger partial charge in [0.15, 0.2) is 0 Å². The number of hydrogen-bond acceptors (Lipinski definition) is 3. The first-order chi connectivity index (χ1) is 12.7. The summed E-state index contributed by atoms with van der Waals surface area (Å²) in [4.78, 5) is 24.2. The number of anilines is 1. The van der Waals surface area contributed by atoms with E-state index < -0.39 is 0 Å². The van der Waals surface area contributed by atoms with Gasteiger partial charge in [0.1, 0.15) is 11.3 Å². The highest BCUT2D eigenvalue weighted by molar-refractivity contribution is 6.03. The average molecular weight is 346 g/mol. The summed E-state index contributed by atoms with van der Waals surface area (Å²) in [6.45, 7) is 0. The molecule has 0 radical (unpaired) electrons. The van der Waals surface area contributed by atoms with E-state index in [2.05, 4.69) is 10.6 Å². The molecular weight excluding hydrogens is 328 g/mol. The Morgan fingerprint density at radius 2 is 1.88 bits per heavy atom. The van der Waals surface area contributed by atoms with Gasteiger partial charge in [-0.3, -0.25) is 9.59 Å². The van der Waals surface area contributed by atoms with Crippen molar-refractivity contribution in [3.63, 3.8) is 0 Å². The maximum absolute atomic E-state index is 12.1. The molecule has 0 aliphatic heterocycles. The largest absolute Gasteiger partial charge is 0.457 e. The Morgan fingerprint density at radius 3 is 2.69 bits per heavy atom. The van der Waals surface area contributed by atoms with Crippen LogP contribution in [0.5, 0.6) is 0 Å². The molecule has 1 aliphatic carbocycles. The number of amides is 2. The summed E-state index contributed by atoms with van der Waals surface area (Å²) in [6.07, 6.45) is 5.11. The van der Waals surface area contributed by atoms with Gasteiger partial charge in [-0.25, -0.2) is 0 Å². The molecule has 1 aromatic heterocycles. The molecule has 26 heavy (non-hydrogen) atoms. The van der Waals surface area contributed by atoms with E-state index in [-0.39, 0.29) is 11.8 Å². The first-order valence-electron chi connectivity index (χ1n) is 8.56. The van der Waals surface area contributed by atoms with Crippen molar-refractivity contribution in [1.82, 2.24) is 5.32 Å². The number of hydrogen-bond donors (Lipinski definition) is 2. The van der Waals surface area contributed by atoms with Crippen molar-refractivity contribution < 1.29 is 14.0 Å². The van der Waals surface area contributed by atoms with Crippen molar-refractivity contribution in [1.29, 1.82) is 0 Å². The van der Waals surface area contributed by atoms with Crippen molar-refractivity contribution in [3.8, 4) is 0 Å². The lowest BCUT2D eigenvalue weighted by atomic mass is 10.2. The molecule has 2 aromatic carbocycles. The number of fused-ring (bicyclic) bond motifs is 1. The normalized spacial score (nSPS) is 13.8. The van der Waals surface area contributed by atoms with Gasteiger partial charge in [0.05, 0.1) is 0 Å². The number of carbonyl (C=O) groups excluding carboxylic acids is 2. The second-order valence-electron chi connectivity index (χ2n) is 6.34. The van der Waals surface area contributed by atoms with Gasteiger partial charge in [-0.15, -0.1) is 0 Å². The molecule has 1 saturated carbocycles. The van der Waals surface area contributed by atoms with Crippen LogP contribution in [-0.2, 0) is 4.79 Å². The van der Waals surface area contributed by atoms with Crippen molar-refractivity contribution in [2.75, 3.05) is 5.32 Å². The molecule has 5 heteroatoms. The Balaban J connectivity index is 1.41. The zero-order valence-corrected chi connectivity index (χ0v) is 14.1. The zero-order chi connectivity index (χ0) is 17.9. The minimum absolute atomic E-state index is 0.110. The van der Waals surface area contributed by atoms with Crippen LogP contribution in [0.15, 0.2) is 65.1 Å². The minimum Gasteiger partial charge on any atom is -0.457 e. The summed E-state index contributed by atoms with van der Waals surface area (Å²) in [5.74, 6) is 0.213. The van der Waals surface area contributed by atoms with Crippen molar-refractivity contribution in [2.24, 2.45) is 0 Å². The Morgan fingerprint density at radius 1 is 1.04 bits per heavy atom. The number of rotatable bonds is 5. The highest BCUT2D eigenvalue weighted by Crippen LogP contribution is 2.21. The molecule has 0 unspecified atom stereocenters. The molecule has 3 aromatic rings. The van der Waals surface area contributed by atoms with Gasteiger partial charge in [0.2, 0.25) is 5.91 Å². The second-order valence-corrected chi connectivity index (χ2v) is 6.34. The van der Waals surface area contributed by atoms with Crippen LogP contribution in [0.4, 0.5) is 5.69 Å². The second kappa shape index (κ2) is 6.88. The number of nitrogens with one attached hydrogen (secondary N) is 2. The molecule has 1 aliphatic rings. The molecule has 1 fully saturated rings. The van der Waals surface area contributed by atoms with Gasteiger partial charge in [-0.05, 0) is 49.2 Å². The summed E-state index contributed by atoms with van der Waals surface area (Å²) in [7, 11) is 0. The minimum atomic E-state index is -0.287. The summed E-state index contributed by atoms with van der Waals surface area (Å²) in [6, 6.07) is 16.8. The van der Waals surface area contributed by atoms with Crippen LogP contribution in [0.2, 0.25) is 0 Å². The van der Waals surface area contributed by atoms with Crippen LogP contribution in [0, 0.1) is 0 Å². The van der Waals surface area contributed by atoms with E-state index in [1.807, 2.05) is 30.3 Å². The lowest BCUT2D eigenvalue weighted by molar-refractivity contribution is -0.111. The molecule has 130 valence electrons. The van der Waals surface area contributed by atoms with Crippen LogP contribution in [-0.4, -0.2) is 17.9 Å². The molecule has 1 heterocycles. The topological polar surface area (TPSA) is 71.3 Å². The van der Waals surface area contributed by atoms with Crippen LogP contribution in [0.3, 0.4) is 0 Å². The Bertz CT molecular complexity index is 966. The van der Waals surface area contributed by atoms with Gasteiger partial charge in [-0.1, -0.05) is 24.3 Å². The standard InChI is InChI=1S/C21H18N2O3/c24-20(11-10-18-13-14-4-1-2-7-19(14)26-18)22-17-6-3-5-15(12-17)21(25)23-16-8-9-16/h1-7,10-13,16H,8-9H2,(H,22,24)(H,23,25)/b11-10+. The monoisotopic (exact) mass is 346 g/mol.